The van der Waals surface area contributed by atoms with Crippen molar-refractivity contribution < 1.29 is 4.79 Å². The normalized spacial score (nSPS) is 21.2. The molecule has 2 aromatic rings. The monoisotopic (exact) mass is 338 g/mol. The smallest absolute Gasteiger partial charge is 0.217 e. The van der Waals surface area contributed by atoms with Crippen LogP contribution in [0.3, 0.4) is 0 Å². The van der Waals surface area contributed by atoms with Gasteiger partial charge in [-0.3, -0.25) is 19.7 Å². The number of hydrogen-bond donors (Lipinski definition) is 1. The summed E-state index contributed by atoms with van der Waals surface area (Å²) in [6, 6.07) is 10.8. The summed E-state index contributed by atoms with van der Waals surface area (Å²) in [7, 11) is 2.17. The maximum atomic E-state index is 11.0. The van der Waals surface area contributed by atoms with Crippen LogP contribution in [0.4, 0.5) is 0 Å². The van der Waals surface area contributed by atoms with Crippen molar-refractivity contribution in [1.82, 2.24) is 14.9 Å². The summed E-state index contributed by atoms with van der Waals surface area (Å²) in [4.78, 5) is 22.9. The molecule has 1 aliphatic heterocycles. The van der Waals surface area contributed by atoms with Gasteiger partial charge in [-0.15, -0.1) is 0 Å². The second-order valence-electron chi connectivity index (χ2n) is 6.85. The van der Waals surface area contributed by atoms with E-state index in [1.54, 1.807) is 0 Å². The van der Waals surface area contributed by atoms with E-state index in [0.717, 1.165) is 30.7 Å². The molecule has 0 saturated carbocycles. The van der Waals surface area contributed by atoms with Crippen LogP contribution < -0.4 is 5.73 Å². The number of aryl methyl sites for hydroxylation is 2. The number of rotatable bonds is 5. The molecule has 0 unspecified atom stereocenters. The topological polar surface area (TPSA) is 72.1 Å². The Morgan fingerprint density at radius 2 is 2.04 bits per heavy atom. The Kier molecular flexibility index (Phi) is 5.43. The van der Waals surface area contributed by atoms with Crippen molar-refractivity contribution in [3.05, 3.63) is 59.2 Å². The first-order valence-corrected chi connectivity index (χ1v) is 8.94. The average Bonchev–Trinajstić information content (AvgIpc) is 2.61. The van der Waals surface area contributed by atoms with E-state index in [2.05, 4.69) is 36.0 Å². The summed E-state index contributed by atoms with van der Waals surface area (Å²) in [6.45, 7) is 2.13. The van der Waals surface area contributed by atoms with Gasteiger partial charge < -0.3 is 5.73 Å². The van der Waals surface area contributed by atoms with Crippen molar-refractivity contribution >= 4 is 5.91 Å². The second kappa shape index (κ2) is 7.74. The number of carbonyl (C=O) groups is 1. The summed E-state index contributed by atoms with van der Waals surface area (Å²) in [5.41, 5.74) is 9.67. The molecule has 2 aromatic heterocycles. The lowest BCUT2D eigenvalue weighted by Crippen LogP contribution is -2.34. The molecule has 1 saturated heterocycles. The maximum Gasteiger partial charge on any atom is 0.217 e. The summed E-state index contributed by atoms with van der Waals surface area (Å²) in [6.07, 6.45) is 6.18. The molecule has 2 N–H and O–H groups in total. The third kappa shape index (κ3) is 4.04. The summed E-state index contributed by atoms with van der Waals surface area (Å²) in [5.74, 6) is -0.285. The minimum absolute atomic E-state index is 0.272. The quantitative estimate of drug-likeness (QED) is 0.909. The van der Waals surface area contributed by atoms with Crippen LogP contribution in [0, 0.1) is 6.92 Å². The molecular weight excluding hydrogens is 312 g/mol. The highest BCUT2D eigenvalue weighted by atomic mass is 16.1. The zero-order chi connectivity index (χ0) is 17.8. The van der Waals surface area contributed by atoms with Crippen LogP contribution in [-0.4, -0.2) is 27.8 Å². The molecule has 5 nitrogen and oxygen atoms in total. The summed E-state index contributed by atoms with van der Waals surface area (Å²) in [5, 5.41) is 0. The minimum atomic E-state index is -0.285. The molecule has 3 heterocycles. The van der Waals surface area contributed by atoms with E-state index in [1.807, 2.05) is 24.4 Å². The Labute approximate surface area is 149 Å². The van der Waals surface area contributed by atoms with Gasteiger partial charge in [0.2, 0.25) is 5.91 Å². The zero-order valence-electron chi connectivity index (χ0n) is 15.0. The van der Waals surface area contributed by atoms with E-state index in [-0.39, 0.29) is 11.9 Å². The van der Waals surface area contributed by atoms with Gasteiger partial charge in [-0.2, -0.15) is 0 Å². The van der Waals surface area contributed by atoms with Crippen LogP contribution in [0.15, 0.2) is 36.5 Å². The Hall–Kier alpha value is -2.27. The average molecular weight is 338 g/mol. The number of nitrogens with zero attached hydrogens (tertiary/aromatic N) is 3. The Morgan fingerprint density at radius 1 is 1.24 bits per heavy atom. The van der Waals surface area contributed by atoms with Crippen LogP contribution >= 0.6 is 0 Å². The van der Waals surface area contributed by atoms with Crippen LogP contribution in [0.1, 0.15) is 60.4 Å². The number of hydrogen-bond acceptors (Lipinski definition) is 4. The molecule has 0 aliphatic carbocycles. The Balaban J connectivity index is 1.81. The molecule has 25 heavy (non-hydrogen) atoms. The van der Waals surface area contributed by atoms with Crippen molar-refractivity contribution in [2.75, 3.05) is 7.05 Å². The van der Waals surface area contributed by atoms with Crippen molar-refractivity contribution in [3.8, 4) is 0 Å². The van der Waals surface area contributed by atoms with Gasteiger partial charge in [-0.05, 0) is 63.4 Å². The largest absolute Gasteiger partial charge is 0.370 e. The highest BCUT2D eigenvalue weighted by Crippen LogP contribution is 2.39. The highest BCUT2D eigenvalue weighted by Gasteiger charge is 2.31. The first kappa shape index (κ1) is 17.5. The summed E-state index contributed by atoms with van der Waals surface area (Å²) >= 11 is 0. The Morgan fingerprint density at radius 3 is 2.80 bits per heavy atom. The van der Waals surface area contributed by atoms with Gasteiger partial charge in [-0.1, -0.05) is 12.1 Å². The molecule has 5 heteroatoms. The number of amides is 1. The lowest BCUT2D eigenvalue weighted by molar-refractivity contribution is -0.118. The Bertz CT molecular complexity index is 746. The molecular formula is C20H26N4O. The molecule has 0 bridgehead atoms. The minimum Gasteiger partial charge on any atom is -0.370 e. The lowest BCUT2D eigenvalue weighted by Gasteiger charge is -2.39. The molecule has 0 aromatic carbocycles. The number of primary amides is 1. The third-order valence-corrected chi connectivity index (χ3v) is 5.10. The van der Waals surface area contributed by atoms with Gasteiger partial charge in [0, 0.05) is 18.3 Å². The second-order valence-corrected chi connectivity index (χ2v) is 6.85. The first-order chi connectivity index (χ1) is 12.1. The number of nitrogens with two attached hydrogens (primary N) is 1. The highest BCUT2D eigenvalue weighted by molar-refractivity contribution is 5.73. The van der Waals surface area contributed by atoms with E-state index in [1.165, 1.54) is 11.3 Å². The van der Waals surface area contributed by atoms with E-state index in [4.69, 9.17) is 10.7 Å². The van der Waals surface area contributed by atoms with Gasteiger partial charge in [-0.25, -0.2) is 0 Å². The molecule has 1 amide bonds. The molecule has 3 rings (SSSR count). The van der Waals surface area contributed by atoms with E-state index in [0.29, 0.717) is 18.9 Å². The molecule has 2 atom stereocenters. The van der Waals surface area contributed by atoms with Gasteiger partial charge >= 0.3 is 0 Å². The van der Waals surface area contributed by atoms with E-state index in [9.17, 15) is 4.79 Å². The van der Waals surface area contributed by atoms with Gasteiger partial charge in [0.15, 0.2) is 0 Å². The molecule has 0 radical (unpaired) electrons. The fourth-order valence-corrected chi connectivity index (χ4v) is 3.74. The SMILES string of the molecule is Cc1cccnc1[C@@H]1CCC[C@H](c2cccc(CCC(N)=O)n2)N1C. The van der Waals surface area contributed by atoms with Crippen LogP contribution in [0.2, 0.25) is 0 Å². The molecule has 1 fully saturated rings. The first-order valence-electron chi connectivity index (χ1n) is 8.94. The van der Waals surface area contributed by atoms with Crippen LogP contribution in [0.5, 0.6) is 0 Å². The van der Waals surface area contributed by atoms with Crippen molar-refractivity contribution in [1.29, 1.82) is 0 Å². The number of carbonyl (C=O) groups excluding carboxylic acids is 1. The maximum absolute atomic E-state index is 11.0. The van der Waals surface area contributed by atoms with Crippen molar-refractivity contribution in [3.63, 3.8) is 0 Å². The van der Waals surface area contributed by atoms with Crippen molar-refractivity contribution in [2.45, 2.75) is 51.1 Å². The third-order valence-electron chi connectivity index (χ3n) is 5.10. The van der Waals surface area contributed by atoms with Crippen LogP contribution in [0.25, 0.3) is 0 Å². The van der Waals surface area contributed by atoms with E-state index >= 15 is 0 Å². The van der Waals surface area contributed by atoms with Gasteiger partial charge in [0.1, 0.15) is 0 Å². The standard InChI is InChI=1S/C20H26N4O/c1-14-6-5-13-22-20(14)18-10-4-9-17(24(18)2)16-8-3-7-15(23-16)11-12-19(21)25/h3,5-8,13,17-18H,4,9-12H2,1-2H3,(H2,21,25)/t17-,18+/m1/s1. The predicted octanol–water partition coefficient (Wildman–Crippen LogP) is 3.10. The zero-order valence-corrected chi connectivity index (χ0v) is 15.0. The number of aromatic nitrogens is 2. The number of likely N-dealkylation sites (tertiary alicyclic amines) is 1. The number of piperidine rings is 1. The number of pyridine rings is 2. The molecule has 0 spiro atoms. The van der Waals surface area contributed by atoms with Crippen molar-refractivity contribution in [2.24, 2.45) is 5.73 Å². The summed E-state index contributed by atoms with van der Waals surface area (Å²) < 4.78 is 0. The molecule has 1 aliphatic rings. The van der Waals surface area contributed by atoms with Crippen LogP contribution in [-0.2, 0) is 11.2 Å². The van der Waals surface area contributed by atoms with E-state index < -0.39 is 0 Å². The lowest BCUT2D eigenvalue weighted by atomic mass is 9.90. The fourth-order valence-electron chi connectivity index (χ4n) is 3.74. The predicted molar refractivity (Wildman–Crippen MR) is 97.8 cm³/mol. The van der Waals surface area contributed by atoms with Gasteiger partial charge in [0.25, 0.3) is 0 Å². The molecule has 132 valence electrons. The van der Waals surface area contributed by atoms with Gasteiger partial charge in [0.05, 0.1) is 23.5 Å². The fraction of sp³-hybridized carbons (Fsp3) is 0.450.